The number of aromatic nitrogens is 1. The number of ether oxygens (including phenoxy) is 1. The van der Waals surface area contributed by atoms with Crippen molar-refractivity contribution in [2.45, 2.75) is 25.9 Å². The highest BCUT2D eigenvalue weighted by atomic mass is 19.1. The van der Waals surface area contributed by atoms with E-state index >= 15 is 0 Å². The minimum Gasteiger partial charge on any atom is -0.449 e. The minimum absolute atomic E-state index is 0.0280. The van der Waals surface area contributed by atoms with Crippen molar-refractivity contribution in [3.63, 3.8) is 0 Å². The van der Waals surface area contributed by atoms with Gasteiger partial charge in [0, 0.05) is 30.1 Å². The van der Waals surface area contributed by atoms with Gasteiger partial charge in [0.2, 0.25) is 0 Å². The number of hydrogen-bond acceptors (Lipinski definition) is 3. The Balaban J connectivity index is 1.82. The van der Waals surface area contributed by atoms with Crippen LogP contribution in [0.2, 0.25) is 0 Å². The Morgan fingerprint density at radius 1 is 1.17 bits per heavy atom. The van der Waals surface area contributed by atoms with Crippen LogP contribution in [0.4, 0.5) is 18.0 Å². The molecule has 5 nitrogen and oxygen atoms in total. The van der Waals surface area contributed by atoms with E-state index in [1.165, 1.54) is 30.3 Å². The smallest absolute Gasteiger partial charge is 0.407 e. The summed E-state index contributed by atoms with van der Waals surface area (Å²) < 4.78 is 46.4. The molecule has 3 N–H and O–H groups in total. The van der Waals surface area contributed by atoms with Crippen LogP contribution in [0.5, 0.6) is 0 Å². The predicted octanol–water partition coefficient (Wildman–Crippen LogP) is 4.29. The fourth-order valence-corrected chi connectivity index (χ4v) is 3.08. The monoisotopic (exact) mass is 406 g/mol. The SMILES string of the molecule is CC(O)CCNC(=O)OCCc1c(-c2ccc(F)cc2)[nH]c2c(F)cc(F)cc12. The van der Waals surface area contributed by atoms with Gasteiger partial charge in [-0.05, 0) is 54.8 Å². The average Bonchev–Trinajstić information content (AvgIpc) is 3.01. The molecule has 0 spiro atoms. The third-order valence-corrected chi connectivity index (χ3v) is 4.48. The molecular weight excluding hydrogens is 385 g/mol. The minimum atomic E-state index is -0.744. The van der Waals surface area contributed by atoms with Gasteiger partial charge in [-0.1, -0.05) is 0 Å². The lowest BCUT2D eigenvalue weighted by Crippen LogP contribution is -2.27. The maximum absolute atomic E-state index is 14.2. The zero-order valence-corrected chi connectivity index (χ0v) is 15.8. The van der Waals surface area contributed by atoms with Gasteiger partial charge in [-0.3, -0.25) is 0 Å². The molecule has 0 saturated carbocycles. The average molecular weight is 406 g/mol. The first-order valence-corrected chi connectivity index (χ1v) is 9.19. The molecule has 1 heterocycles. The molecule has 1 aromatic heterocycles. The van der Waals surface area contributed by atoms with E-state index in [2.05, 4.69) is 10.3 Å². The molecule has 0 bridgehead atoms. The summed E-state index contributed by atoms with van der Waals surface area (Å²) in [5.74, 6) is -1.88. The number of carbonyl (C=O) groups is 1. The molecule has 8 heteroatoms. The number of alkyl carbamates (subject to hydrolysis) is 1. The third kappa shape index (κ3) is 5.08. The number of rotatable bonds is 7. The quantitative estimate of drug-likeness (QED) is 0.548. The predicted molar refractivity (Wildman–Crippen MR) is 103 cm³/mol. The van der Waals surface area contributed by atoms with Crippen LogP contribution in [-0.4, -0.2) is 35.4 Å². The molecular formula is C21H21F3N2O3. The Morgan fingerprint density at radius 2 is 1.90 bits per heavy atom. The largest absolute Gasteiger partial charge is 0.449 e. The van der Waals surface area contributed by atoms with E-state index in [-0.39, 0.29) is 25.1 Å². The lowest BCUT2D eigenvalue weighted by molar-refractivity contribution is 0.143. The second kappa shape index (κ2) is 9.00. The first-order valence-electron chi connectivity index (χ1n) is 9.19. The zero-order valence-electron chi connectivity index (χ0n) is 15.8. The van der Waals surface area contributed by atoms with Crippen LogP contribution in [0.25, 0.3) is 22.2 Å². The van der Waals surface area contributed by atoms with Gasteiger partial charge >= 0.3 is 6.09 Å². The van der Waals surface area contributed by atoms with Gasteiger partial charge in [0.25, 0.3) is 0 Å². The topological polar surface area (TPSA) is 74.3 Å². The van der Waals surface area contributed by atoms with Crippen molar-refractivity contribution >= 4 is 17.0 Å². The summed E-state index contributed by atoms with van der Waals surface area (Å²) in [6, 6.07) is 7.59. The number of halogens is 3. The second-order valence-corrected chi connectivity index (χ2v) is 6.75. The molecule has 1 unspecified atom stereocenters. The number of H-pyrrole nitrogens is 1. The lowest BCUT2D eigenvalue weighted by Gasteiger charge is -2.09. The van der Waals surface area contributed by atoms with Crippen molar-refractivity contribution in [3.05, 3.63) is 59.4 Å². The summed E-state index contributed by atoms with van der Waals surface area (Å²) >= 11 is 0. The number of aliphatic hydroxyl groups excluding tert-OH is 1. The first-order chi connectivity index (χ1) is 13.8. The van der Waals surface area contributed by atoms with Crippen LogP contribution in [0.15, 0.2) is 36.4 Å². The molecule has 3 aromatic rings. The van der Waals surface area contributed by atoms with Gasteiger partial charge in [-0.25, -0.2) is 18.0 Å². The van der Waals surface area contributed by atoms with Crippen molar-refractivity contribution in [3.8, 4) is 11.3 Å². The van der Waals surface area contributed by atoms with Gasteiger partial charge in [0.1, 0.15) is 17.5 Å². The zero-order chi connectivity index (χ0) is 21.0. The van der Waals surface area contributed by atoms with Crippen LogP contribution >= 0.6 is 0 Å². The molecule has 2 aromatic carbocycles. The number of hydrogen-bond donors (Lipinski definition) is 3. The Morgan fingerprint density at radius 3 is 2.59 bits per heavy atom. The Labute approximate surface area is 165 Å². The van der Waals surface area contributed by atoms with Gasteiger partial charge in [0.15, 0.2) is 0 Å². The maximum atomic E-state index is 14.2. The van der Waals surface area contributed by atoms with E-state index < -0.39 is 29.6 Å². The summed E-state index contributed by atoms with van der Waals surface area (Å²) in [6.07, 6.45) is -0.597. The number of fused-ring (bicyclic) bond motifs is 1. The summed E-state index contributed by atoms with van der Waals surface area (Å²) in [7, 11) is 0. The van der Waals surface area contributed by atoms with Crippen molar-refractivity contribution < 1.29 is 27.8 Å². The molecule has 0 radical (unpaired) electrons. The van der Waals surface area contributed by atoms with E-state index in [4.69, 9.17) is 4.74 Å². The molecule has 154 valence electrons. The molecule has 1 amide bonds. The number of carbonyl (C=O) groups excluding carboxylic acids is 1. The molecule has 29 heavy (non-hydrogen) atoms. The molecule has 0 saturated heterocycles. The highest BCUT2D eigenvalue weighted by Crippen LogP contribution is 2.32. The highest BCUT2D eigenvalue weighted by Gasteiger charge is 2.17. The summed E-state index contributed by atoms with van der Waals surface area (Å²) in [4.78, 5) is 14.7. The molecule has 1 atom stereocenters. The molecule has 0 aliphatic heterocycles. The van der Waals surface area contributed by atoms with Crippen molar-refractivity contribution in [2.24, 2.45) is 0 Å². The molecule has 0 fully saturated rings. The number of amides is 1. The lowest BCUT2D eigenvalue weighted by atomic mass is 10.0. The Kier molecular flexibility index (Phi) is 6.43. The van der Waals surface area contributed by atoms with Crippen LogP contribution in [-0.2, 0) is 11.2 Å². The number of benzene rings is 2. The van der Waals surface area contributed by atoms with Crippen molar-refractivity contribution in [2.75, 3.05) is 13.2 Å². The Hall–Kier alpha value is -3.00. The first kappa shape index (κ1) is 20.7. The van der Waals surface area contributed by atoms with Gasteiger partial charge in [-0.15, -0.1) is 0 Å². The summed E-state index contributed by atoms with van der Waals surface area (Å²) in [5.41, 5.74) is 1.78. The van der Waals surface area contributed by atoms with E-state index in [0.29, 0.717) is 28.6 Å². The molecule has 0 aliphatic rings. The standard InChI is InChI=1S/C21H21F3N2O3/c1-12(27)6-8-25-21(28)29-9-7-16-17-10-15(23)11-18(24)20(17)26-19(16)13-2-4-14(22)5-3-13/h2-5,10-12,26-27H,6-9H2,1H3,(H,25,28). The third-order valence-electron chi connectivity index (χ3n) is 4.48. The summed E-state index contributed by atoms with van der Waals surface area (Å²) in [6.45, 7) is 1.85. The van der Waals surface area contributed by atoms with Crippen LogP contribution < -0.4 is 5.32 Å². The number of aliphatic hydroxyl groups is 1. The Bertz CT molecular complexity index is 1000. The highest BCUT2D eigenvalue weighted by molar-refractivity contribution is 5.91. The summed E-state index contributed by atoms with van der Waals surface area (Å²) in [5, 5.41) is 12.0. The van der Waals surface area contributed by atoms with E-state index in [0.717, 1.165) is 6.07 Å². The number of aromatic amines is 1. The molecule has 3 rings (SSSR count). The number of nitrogens with one attached hydrogen (secondary N) is 2. The molecule has 0 aliphatic carbocycles. The van der Waals surface area contributed by atoms with Gasteiger partial charge in [-0.2, -0.15) is 0 Å². The van der Waals surface area contributed by atoms with Gasteiger partial charge < -0.3 is 20.1 Å². The van der Waals surface area contributed by atoms with E-state index in [9.17, 15) is 23.1 Å². The fraction of sp³-hybridized carbons (Fsp3) is 0.286. The van der Waals surface area contributed by atoms with Crippen molar-refractivity contribution in [1.82, 2.24) is 10.3 Å². The van der Waals surface area contributed by atoms with Crippen LogP contribution in [0.3, 0.4) is 0 Å². The van der Waals surface area contributed by atoms with Crippen LogP contribution in [0.1, 0.15) is 18.9 Å². The normalized spacial score (nSPS) is 12.2. The fourth-order valence-electron chi connectivity index (χ4n) is 3.08. The van der Waals surface area contributed by atoms with E-state index in [1.807, 2.05) is 0 Å². The van der Waals surface area contributed by atoms with Crippen LogP contribution in [0, 0.1) is 17.5 Å². The second-order valence-electron chi connectivity index (χ2n) is 6.75. The van der Waals surface area contributed by atoms with Crippen molar-refractivity contribution in [1.29, 1.82) is 0 Å². The van der Waals surface area contributed by atoms with Gasteiger partial charge in [0.05, 0.1) is 18.2 Å². The maximum Gasteiger partial charge on any atom is 0.407 e. The van der Waals surface area contributed by atoms with E-state index in [1.54, 1.807) is 6.92 Å².